The first-order valence-corrected chi connectivity index (χ1v) is 9.45. The lowest BCUT2D eigenvalue weighted by Crippen LogP contribution is -2.30. The fraction of sp³-hybridized carbons (Fsp3) is 0.0870. The molecule has 1 N–H and O–H groups in total. The number of anilines is 1. The van der Waals surface area contributed by atoms with Crippen LogP contribution in [0, 0.1) is 0 Å². The zero-order valence-corrected chi connectivity index (χ0v) is 16.3. The van der Waals surface area contributed by atoms with E-state index in [0.29, 0.717) is 16.6 Å². The number of nitrogens with one attached hydrogen (secondary N) is 1. The number of hydrogen-bond donors (Lipinski definition) is 1. The second-order valence-electron chi connectivity index (χ2n) is 6.57. The summed E-state index contributed by atoms with van der Waals surface area (Å²) in [7, 11) is 0. The Labute approximate surface area is 172 Å². The molecule has 0 bridgehead atoms. The average molecular weight is 405 g/mol. The van der Waals surface area contributed by atoms with Crippen LogP contribution in [-0.4, -0.2) is 23.0 Å². The summed E-state index contributed by atoms with van der Waals surface area (Å²) in [6, 6.07) is 21.9. The molecular weight excluding hydrogens is 388 g/mol. The van der Waals surface area contributed by atoms with Gasteiger partial charge >= 0.3 is 5.97 Å². The standard InChI is InChI=1S/C23H17ClN2O3/c1-14(22(27)26-19-12-6-8-15-7-2-3-9-16(15)19)29-23(28)18-13-21(24)25-20-11-5-4-10-17(18)20/h2-14H,1H3,(H,26,27)/t14-/m1/s1. The van der Waals surface area contributed by atoms with Gasteiger partial charge in [-0.3, -0.25) is 4.79 Å². The molecule has 1 amide bonds. The summed E-state index contributed by atoms with van der Waals surface area (Å²) in [5.41, 5.74) is 1.51. The van der Waals surface area contributed by atoms with E-state index in [1.54, 1.807) is 24.3 Å². The van der Waals surface area contributed by atoms with Crippen LogP contribution in [0.4, 0.5) is 5.69 Å². The average Bonchev–Trinajstić information content (AvgIpc) is 2.73. The molecule has 0 saturated heterocycles. The van der Waals surface area contributed by atoms with E-state index in [2.05, 4.69) is 10.3 Å². The van der Waals surface area contributed by atoms with E-state index in [9.17, 15) is 9.59 Å². The van der Waals surface area contributed by atoms with Gasteiger partial charge in [0.1, 0.15) is 5.15 Å². The van der Waals surface area contributed by atoms with Crippen LogP contribution in [0.5, 0.6) is 0 Å². The lowest BCUT2D eigenvalue weighted by atomic mass is 10.1. The lowest BCUT2D eigenvalue weighted by molar-refractivity contribution is -0.123. The van der Waals surface area contributed by atoms with Crippen molar-refractivity contribution in [3.8, 4) is 0 Å². The predicted octanol–water partition coefficient (Wildman–Crippen LogP) is 5.23. The Balaban J connectivity index is 1.54. The van der Waals surface area contributed by atoms with Crippen LogP contribution in [0.2, 0.25) is 5.15 Å². The number of carbonyl (C=O) groups excluding carboxylic acids is 2. The summed E-state index contributed by atoms with van der Waals surface area (Å²) in [6.45, 7) is 1.53. The summed E-state index contributed by atoms with van der Waals surface area (Å²) in [5.74, 6) is -1.05. The zero-order valence-electron chi connectivity index (χ0n) is 15.6. The Morgan fingerprint density at radius 1 is 0.966 bits per heavy atom. The molecule has 4 aromatic rings. The van der Waals surface area contributed by atoms with Gasteiger partial charge in [-0.2, -0.15) is 0 Å². The number of rotatable bonds is 4. The molecule has 0 aliphatic rings. The largest absolute Gasteiger partial charge is 0.449 e. The van der Waals surface area contributed by atoms with Crippen LogP contribution in [0.1, 0.15) is 17.3 Å². The molecule has 0 saturated carbocycles. The van der Waals surface area contributed by atoms with Gasteiger partial charge < -0.3 is 10.1 Å². The van der Waals surface area contributed by atoms with Gasteiger partial charge in [0, 0.05) is 16.5 Å². The normalized spacial score (nSPS) is 11.9. The van der Waals surface area contributed by atoms with Gasteiger partial charge in [-0.1, -0.05) is 66.2 Å². The number of halogens is 1. The van der Waals surface area contributed by atoms with Crippen molar-refractivity contribution in [2.24, 2.45) is 0 Å². The lowest BCUT2D eigenvalue weighted by Gasteiger charge is -2.15. The number of pyridine rings is 1. The number of benzene rings is 3. The molecule has 0 unspecified atom stereocenters. The van der Waals surface area contributed by atoms with E-state index in [-0.39, 0.29) is 10.7 Å². The number of carbonyl (C=O) groups is 2. The SMILES string of the molecule is C[C@@H](OC(=O)c1cc(Cl)nc2ccccc12)C(=O)Nc1cccc2ccccc12. The Kier molecular flexibility index (Phi) is 5.14. The van der Waals surface area contributed by atoms with E-state index in [4.69, 9.17) is 16.3 Å². The van der Waals surface area contributed by atoms with E-state index < -0.39 is 18.0 Å². The molecule has 1 atom stereocenters. The zero-order chi connectivity index (χ0) is 20.4. The summed E-state index contributed by atoms with van der Waals surface area (Å²) in [4.78, 5) is 29.5. The molecule has 0 aliphatic carbocycles. The van der Waals surface area contributed by atoms with Crippen molar-refractivity contribution in [2.45, 2.75) is 13.0 Å². The molecule has 0 aliphatic heterocycles. The van der Waals surface area contributed by atoms with Gasteiger partial charge in [-0.15, -0.1) is 0 Å². The van der Waals surface area contributed by atoms with Crippen molar-refractivity contribution in [2.75, 3.05) is 5.32 Å². The van der Waals surface area contributed by atoms with Crippen molar-refractivity contribution in [1.29, 1.82) is 0 Å². The third-order valence-electron chi connectivity index (χ3n) is 4.61. The van der Waals surface area contributed by atoms with Gasteiger partial charge in [-0.05, 0) is 30.5 Å². The molecule has 29 heavy (non-hydrogen) atoms. The first-order chi connectivity index (χ1) is 14.0. The highest BCUT2D eigenvalue weighted by Gasteiger charge is 2.21. The van der Waals surface area contributed by atoms with Gasteiger partial charge in [0.2, 0.25) is 0 Å². The first-order valence-electron chi connectivity index (χ1n) is 9.08. The van der Waals surface area contributed by atoms with E-state index in [0.717, 1.165) is 10.8 Å². The Morgan fingerprint density at radius 3 is 2.48 bits per heavy atom. The van der Waals surface area contributed by atoms with Crippen molar-refractivity contribution in [3.05, 3.63) is 83.5 Å². The Bertz CT molecular complexity index is 1230. The van der Waals surface area contributed by atoms with E-state index >= 15 is 0 Å². The quantitative estimate of drug-likeness (QED) is 0.373. The first kappa shape index (κ1) is 18.9. The number of amides is 1. The number of fused-ring (bicyclic) bond motifs is 2. The van der Waals surface area contributed by atoms with Crippen LogP contribution >= 0.6 is 11.6 Å². The molecule has 144 valence electrons. The molecule has 0 spiro atoms. The molecular formula is C23H17ClN2O3. The third-order valence-corrected chi connectivity index (χ3v) is 4.80. The molecule has 5 nitrogen and oxygen atoms in total. The number of nitrogens with zero attached hydrogens (tertiary/aromatic N) is 1. The summed E-state index contributed by atoms with van der Waals surface area (Å²) < 4.78 is 5.41. The van der Waals surface area contributed by atoms with Gasteiger partial charge in [0.15, 0.2) is 6.10 Å². The Morgan fingerprint density at radius 2 is 1.66 bits per heavy atom. The number of esters is 1. The minimum absolute atomic E-state index is 0.184. The van der Waals surface area contributed by atoms with Crippen LogP contribution in [0.15, 0.2) is 72.8 Å². The second-order valence-corrected chi connectivity index (χ2v) is 6.96. The Hall–Kier alpha value is -3.44. The van der Waals surface area contributed by atoms with Crippen molar-refractivity contribution >= 4 is 50.8 Å². The van der Waals surface area contributed by atoms with Gasteiger partial charge in [0.25, 0.3) is 5.91 Å². The van der Waals surface area contributed by atoms with Crippen LogP contribution in [0.25, 0.3) is 21.7 Å². The molecule has 4 rings (SSSR count). The molecule has 6 heteroatoms. The maximum atomic E-state index is 12.7. The smallest absolute Gasteiger partial charge is 0.339 e. The number of aromatic nitrogens is 1. The minimum atomic E-state index is -0.993. The van der Waals surface area contributed by atoms with Crippen molar-refractivity contribution in [3.63, 3.8) is 0 Å². The van der Waals surface area contributed by atoms with Crippen molar-refractivity contribution in [1.82, 2.24) is 4.98 Å². The second kappa shape index (κ2) is 7.89. The van der Waals surface area contributed by atoms with E-state index in [1.165, 1.54) is 13.0 Å². The topological polar surface area (TPSA) is 68.3 Å². The molecule has 0 fully saturated rings. The van der Waals surface area contributed by atoms with Gasteiger partial charge in [-0.25, -0.2) is 9.78 Å². The van der Waals surface area contributed by atoms with Crippen LogP contribution < -0.4 is 5.32 Å². The maximum Gasteiger partial charge on any atom is 0.339 e. The number of hydrogen-bond acceptors (Lipinski definition) is 4. The fourth-order valence-corrected chi connectivity index (χ4v) is 3.36. The highest BCUT2D eigenvalue weighted by atomic mass is 35.5. The molecule has 0 radical (unpaired) electrons. The molecule has 3 aromatic carbocycles. The maximum absolute atomic E-state index is 12.7. The van der Waals surface area contributed by atoms with Crippen LogP contribution in [0.3, 0.4) is 0 Å². The van der Waals surface area contributed by atoms with E-state index in [1.807, 2.05) is 42.5 Å². The fourth-order valence-electron chi connectivity index (χ4n) is 3.16. The van der Waals surface area contributed by atoms with Crippen molar-refractivity contribution < 1.29 is 14.3 Å². The predicted molar refractivity (Wildman–Crippen MR) is 114 cm³/mol. The highest BCUT2D eigenvalue weighted by molar-refractivity contribution is 6.30. The third kappa shape index (κ3) is 3.91. The number of ether oxygens (including phenoxy) is 1. The minimum Gasteiger partial charge on any atom is -0.449 e. The summed E-state index contributed by atoms with van der Waals surface area (Å²) in [5, 5.41) is 5.55. The summed E-state index contributed by atoms with van der Waals surface area (Å²) in [6.07, 6.45) is -0.993. The van der Waals surface area contributed by atoms with Crippen LogP contribution in [-0.2, 0) is 9.53 Å². The highest BCUT2D eigenvalue weighted by Crippen LogP contribution is 2.24. The molecule has 1 heterocycles. The molecule has 1 aromatic heterocycles. The monoisotopic (exact) mass is 404 g/mol. The number of para-hydroxylation sites is 1. The summed E-state index contributed by atoms with van der Waals surface area (Å²) >= 11 is 6.03. The van der Waals surface area contributed by atoms with Gasteiger partial charge in [0.05, 0.1) is 11.1 Å².